The van der Waals surface area contributed by atoms with E-state index in [0.717, 1.165) is 18.4 Å². The molecule has 5 nitrogen and oxygen atoms in total. The molecule has 0 atom stereocenters. The Morgan fingerprint density at radius 3 is 2.36 bits per heavy atom. The number of aromatic carboxylic acids is 1. The van der Waals surface area contributed by atoms with Crippen LogP contribution in [-0.2, 0) is 16.0 Å². The van der Waals surface area contributed by atoms with Crippen LogP contribution in [0.25, 0.3) is 0 Å². The number of carboxylic acid groups (broad SMARTS) is 1. The highest BCUT2D eigenvalue weighted by molar-refractivity contribution is 5.87. The Morgan fingerprint density at radius 1 is 1.12 bits per heavy atom. The highest BCUT2D eigenvalue weighted by atomic mass is 16.5. The molecule has 1 aromatic rings. The third-order valence-corrected chi connectivity index (χ3v) is 5.24. The molecule has 1 aliphatic carbocycles. The van der Waals surface area contributed by atoms with Crippen molar-refractivity contribution in [3.63, 3.8) is 0 Å². The highest BCUT2D eigenvalue weighted by Crippen LogP contribution is 2.40. The number of carboxylic acids is 1. The molecule has 2 fully saturated rings. The molecule has 0 unspecified atom stereocenters. The zero-order valence-electron chi connectivity index (χ0n) is 15.1. The predicted molar refractivity (Wildman–Crippen MR) is 94.7 cm³/mol. The van der Waals surface area contributed by atoms with Crippen LogP contribution in [0.1, 0.15) is 61.9 Å². The van der Waals surface area contributed by atoms with Crippen molar-refractivity contribution in [1.82, 2.24) is 4.90 Å². The van der Waals surface area contributed by atoms with Gasteiger partial charge in [-0.3, -0.25) is 4.79 Å². The van der Waals surface area contributed by atoms with Gasteiger partial charge in [0.05, 0.1) is 16.8 Å². The summed E-state index contributed by atoms with van der Waals surface area (Å²) in [4.78, 5) is 25.6. The van der Waals surface area contributed by atoms with Crippen molar-refractivity contribution >= 4 is 11.9 Å². The summed E-state index contributed by atoms with van der Waals surface area (Å²) in [6.07, 6.45) is 5.50. The number of nitrogens with zero attached hydrogens (tertiary/aromatic N) is 1. The van der Waals surface area contributed by atoms with Gasteiger partial charge in [0.15, 0.2) is 0 Å². The lowest BCUT2D eigenvalue weighted by Gasteiger charge is -2.48. The predicted octanol–water partition coefficient (Wildman–Crippen LogP) is 3.27. The van der Waals surface area contributed by atoms with Crippen molar-refractivity contribution in [2.24, 2.45) is 0 Å². The van der Waals surface area contributed by atoms with E-state index in [1.165, 1.54) is 12.8 Å². The number of carbonyl (C=O) groups is 2. The van der Waals surface area contributed by atoms with Crippen molar-refractivity contribution < 1.29 is 19.4 Å². The lowest BCUT2D eigenvalue weighted by molar-refractivity contribution is -0.198. The molecule has 0 radical (unpaired) electrons. The van der Waals surface area contributed by atoms with E-state index < -0.39 is 5.97 Å². The van der Waals surface area contributed by atoms with Gasteiger partial charge in [-0.1, -0.05) is 25.0 Å². The number of benzene rings is 1. The average Bonchev–Trinajstić information content (AvgIpc) is 2.98. The second kappa shape index (κ2) is 6.79. The van der Waals surface area contributed by atoms with Gasteiger partial charge >= 0.3 is 5.97 Å². The average molecular weight is 345 g/mol. The third kappa shape index (κ3) is 4.21. The van der Waals surface area contributed by atoms with Crippen molar-refractivity contribution in [2.45, 2.75) is 63.6 Å². The van der Waals surface area contributed by atoms with Gasteiger partial charge in [0.1, 0.15) is 0 Å². The summed E-state index contributed by atoms with van der Waals surface area (Å²) in [7, 11) is 0. The number of morpholine rings is 1. The zero-order valence-corrected chi connectivity index (χ0v) is 15.1. The first-order valence-electron chi connectivity index (χ1n) is 9.09. The normalized spacial score (nSPS) is 21.4. The minimum Gasteiger partial charge on any atom is -0.478 e. The zero-order chi connectivity index (χ0) is 18.1. The van der Waals surface area contributed by atoms with E-state index in [1.54, 1.807) is 24.3 Å². The fourth-order valence-corrected chi connectivity index (χ4v) is 4.19. The van der Waals surface area contributed by atoms with Gasteiger partial charge in [-0.2, -0.15) is 0 Å². The molecule has 0 aromatic heterocycles. The number of amides is 1. The number of aryl methyl sites for hydroxylation is 1. The fraction of sp³-hybridized carbons (Fsp3) is 0.600. The van der Waals surface area contributed by atoms with Crippen molar-refractivity contribution in [3.05, 3.63) is 35.4 Å². The minimum atomic E-state index is -0.931. The molecule has 5 heteroatoms. The van der Waals surface area contributed by atoms with Gasteiger partial charge in [0.2, 0.25) is 5.91 Å². The standard InChI is InChI=1S/C20H27NO4/c1-19(2)13-21(14-20(25-19)11-3-4-12-20)17(22)10-7-15-5-8-16(9-6-15)18(23)24/h5-6,8-9H,3-4,7,10-14H2,1-2H3,(H,23,24). The van der Waals surface area contributed by atoms with Gasteiger partial charge < -0.3 is 14.7 Å². The van der Waals surface area contributed by atoms with E-state index in [1.807, 2.05) is 4.90 Å². The first kappa shape index (κ1) is 17.9. The minimum absolute atomic E-state index is 0.152. The maximum Gasteiger partial charge on any atom is 0.335 e. The number of rotatable bonds is 4. The largest absolute Gasteiger partial charge is 0.478 e. The molecule has 3 rings (SSSR count). The SMILES string of the molecule is CC1(C)CN(C(=O)CCc2ccc(C(=O)O)cc2)CC2(CCCC2)O1. The topological polar surface area (TPSA) is 66.8 Å². The smallest absolute Gasteiger partial charge is 0.335 e. The van der Waals surface area contributed by atoms with Crippen LogP contribution in [0.4, 0.5) is 0 Å². The van der Waals surface area contributed by atoms with Crippen LogP contribution in [0.15, 0.2) is 24.3 Å². The van der Waals surface area contributed by atoms with Crippen LogP contribution in [0.2, 0.25) is 0 Å². The van der Waals surface area contributed by atoms with E-state index in [-0.39, 0.29) is 22.7 Å². The third-order valence-electron chi connectivity index (χ3n) is 5.24. The molecule has 1 amide bonds. The Bertz CT molecular complexity index is 644. The molecule has 1 spiro atoms. The molecule has 25 heavy (non-hydrogen) atoms. The summed E-state index contributed by atoms with van der Waals surface area (Å²) in [5.74, 6) is -0.773. The van der Waals surface area contributed by atoms with Gasteiger partial charge in [-0.25, -0.2) is 4.79 Å². The Morgan fingerprint density at radius 2 is 1.76 bits per heavy atom. The number of carbonyl (C=O) groups excluding carboxylic acids is 1. The van der Waals surface area contributed by atoms with E-state index in [9.17, 15) is 9.59 Å². The Hall–Kier alpha value is -1.88. The van der Waals surface area contributed by atoms with E-state index in [2.05, 4.69) is 13.8 Å². The van der Waals surface area contributed by atoms with Crippen LogP contribution in [0.3, 0.4) is 0 Å². The Balaban J connectivity index is 1.61. The van der Waals surface area contributed by atoms with Crippen LogP contribution in [-0.4, -0.2) is 46.2 Å². The van der Waals surface area contributed by atoms with Crippen molar-refractivity contribution in [1.29, 1.82) is 0 Å². The monoisotopic (exact) mass is 345 g/mol. The summed E-state index contributed by atoms with van der Waals surface area (Å²) >= 11 is 0. The molecule has 1 aromatic carbocycles. The van der Waals surface area contributed by atoms with E-state index >= 15 is 0 Å². The first-order valence-corrected chi connectivity index (χ1v) is 9.09. The lowest BCUT2D eigenvalue weighted by atomic mass is 9.93. The van der Waals surface area contributed by atoms with Gasteiger partial charge in [-0.05, 0) is 50.8 Å². The van der Waals surface area contributed by atoms with Gasteiger partial charge in [0.25, 0.3) is 0 Å². The molecule has 1 N–H and O–H groups in total. The number of ether oxygens (including phenoxy) is 1. The summed E-state index contributed by atoms with van der Waals surface area (Å²) in [6, 6.07) is 6.76. The molecule has 2 aliphatic rings. The van der Waals surface area contributed by atoms with Crippen LogP contribution in [0.5, 0.6) is 0 Å². The molecule has 0 bridgehead atoms. The highest BCUT2D eigenvalue weighted by Gasteiger charge is 2.46. The summed E-state index contributed by atoms with van der Waals surface area (Å²) in [6.45, 7) is 5.47. The van der Waals surface area contributed by atoms with E-state index in [0.29, 0.717) is 25.9 Å². The maximum absolute atomic E-state index is 12.8. The van der Waals surface area contributed by atoms with Crippen LogP contribution < -0.4 is 0 Å². The van der Waals surface area contributed by atoms with Crippen LogP contribution in [0, 0.1) is 0 Å². The quantitative estimate of drug-likeness (QED) is 0.909. The fourth-order valence-electron chi connectivity index (χ4n) is 4.19. The Labute approximate surface area is 149 Å². The lowest BCUT2D eigenvalue weighted by Crippen LogP contribution is -2.60. The van der Waals surface area contributed by atoms with Crippen molar-refractivity contribution in [3.8, 4) is 0 Å². The molecule has 1 heterocycles. The number of hydrogen-bond donors (Lipinski definition) is 1. The van der Waals surface area contributed by atoms with Crippen LogP contribution >= 0.6 is 0 Å². The summed E-state index contributed by atoms with van der Waals surface area (Å²) < 4.78 is 6.35. The first-order chi connectivity index (χ1) is 11.8. The maximum atomic E-state index is 12.8. The van der Waals surface area contributed by atoms with Gasteiger partial charge in [0, 0.05) is 19.5 Å². The number of hydrogen-bond acceptors (Lipinski definition) is 3. The molecular formula is C20H27NO4. The summed E-state index contributed by atoms with van der Waals surface area (Å²) in [5, 5.41) is 8.94. The van der Waals surface area contributed by atoms with Gasteiger partial charge in [-0.15, -0.1) is 0 Å². The molecule has 1 saturated carbocycles. The molecule has 136 valence electrons. The van der Waals surface area contributed by atoms with Crippen molar-refractivity contribution in [2.75, 3.05) is 13.1 Å². The van der Waals surface area contributed by atoms with E-state index in [4.69, 9.17) is 9.84 Å². The molecule has 1 saturated heterocycles. The second-order valence-corrected chi connectivity index (χ2v) is 8.00. The molecule has 1 aliphatic heterocycles. The molecular weight excluding hydrogens is 318 g/mol. The second-order valence-electron chi connectivity index (χ2n) is 8.00. The summed E-state index contributed by atoms with van der Waals surface area (Å²) in [5.41, 5.74) is 0.802. The Kier molecular flexibility index (Phi) is 4.87.